The van der Waals surface area contributed by atoms with Gasteiger partial charge in [0.1, 0.15) is 0 Å². The van der Waals surface area contributed by atoms with Crippen LogP contribution in [0.3, 0.4) is 0 Å². The molecular weight excluding hydrogens is 697 g/mol. The maximum atomic E-state index is 2.39. The lowest BCUT2D eigenvalue weighted by Gasteiger charge is -2.28. The van der Waals surface area contributed by atoms with Gasteiger partial charge >= 0.3 is 0 Å². The Balaban J connectivity index is 0.00000240. The Labute approximate surface area is 354 Å². The van der Waals surface area contributed by atoms with Crippen LogP contribution in [0.15, 0.2) is 188 Å². The Morgan fingerprint density at radius 3 is 1.12 bits per heavy atom. The SMILES string of the molecule is C.C.C.C.C.C.C.Cc1cccc(C(c2cccc3ccccc23)C(C)c2ccc(-c3ccc(C(C)C(c4ccccc4)c4cccc5ccccc45)cc3)cc2)c1. The molecule has 0 saturated heterocycles. The van der Waals surface area contributed by atoms with Crippen molar-refractivity contribution < 1.29 is 0 Å². The minimum Gasteiger partial charge on any atom is -0.0776 e. The third-order valence-corrected chi connectivity index (χ3v) is 11.1. The molecule has 0 spiro atoms. The van der Waals surface area contributed by atoms with Gasteiger partial charge in [-0.25, -0.2) is 0 Å². The number of aryl methyl sites for hydroxylation is 1. The number of hydrogen-bond acceptors (Lipinski definition) is 0. The van der Waals surface area contributed by atoms with Crippen LogP contribution in [0.1, 0.15) is 128 Å². The smallest absolute Gasteiger partial charge is 0.0162 e. The van der Waals surface area contributed by atoms with Gasteiger partial charge in [0.15, 0.2) is 0 Å². The summed E-state index contributed by atoms with van der Waals surface area (Å²) in [6, 6.07) is 69.8. The molecule has 0 radical (unpaired) electrons. The van der Waals surface area contributed by atoms with Crippen LogP contribution < -0.4 is 0 Å². The van der Waals surface area contributed by atoms with E-state index in [1.807, 2.05) is 0 Å². The summed E-state index contributed by atoms with van der Waals surface area (Å²) in [4.78, 5) is 0. The first kappa shape index (κ1) is 50.3. The van der Waals surface area contributed by atoms with Crippen molar-refractivity contribution in [2.75, 3.05) is 0 Å². The Hall–Kier alpha value is -5.72. The van der Waals surface area contributed by atoms with E-state index in [-0.39, 0.29) is 63.8 Å². The fourth-order valence-corrected chi connectivity index (χ4v) is 8.39. The van der Waals surface area contributed by atoms with Crippen molar-refractivity contribution in [1.82, 2.24) is 0 Å². The fraction of sp³-hybridized carbons (Fsp3) is 0.241. The molecule has 4 unspecified atom stereocenters. The minimum atomic E-state index is 0. The van der Waals surface area contributed by atoms with Gasteiger partial charge in [-0.3, -0.25) is 0 Å². The number of hydrogen-bond donors (Lipinski definition) is 0. The molecule has 8 rings (SSSR count). The summed E-state index contributed by atoms with van der Waals surface area (Å²) in [7, 11) is 0. The van der Waals surface area contributed by atoms with Crippen molar-refractivity contribution in [1.29, 1.82) is 0 Å². The van der Waals surface area contributed by atoms with E-state index in [4.69, 9.17) is 0 Å². The number of benzene rings is 8. The molecule has 0 aliphatic heterocycles. The molecule has 0 aromatic heterocycles. The predicted octanol–water partition coefficient (Wildman–Crippen LogP) is 18.3. The molecule has 8 aromatic carbocycles. The van der Waals surface area contributed by atoms with Crippen LogP contribution in [0, 0.1) is 6.92 Å². The van der Waals surface area contributed by atoms with Gasteiger partial charge < -0.3 is 0 Å². The largest absolute Gasteiger partial charge is 0.0776 e. The molecule has 0 amide bonds. The highest BCUT2D eigenvalue weighted by Gasteiger charge is 2.26. The molecule has 0 fully saturated rings. The van der Waals surface area contributed by atoms with Crippen LogP contribution in [0.25, 0.3) is 32.7 Å². The Kier molecular flexibility index (Phi) is 19.3. The molecule has 0 saturated carbocycles. The van der Waals surface area contributed by atoms with Crippen molar-refractivity contribution in [3.63, 3.8) is 0 Å². The summed E-state index contributed by atoms with van der Waals surface area (Å²) >= 11 is 0. The van der Waals surface area contributed by atoms with Gasteiger partial charge in [0.05, 0.1) is 0 Å². The standard InChI is InChI=1S/C51H44.7CH4/c1-35-14-11-21-45(34-35)51(49-25-13-20-43-16-8-10-23-47(43)49)37(3)39-28-32-41(33-29-39)40-30-26-38(27-31-40)36(2)50(44-17-5-4-6-18-44)48-24-12-19-42-15-7-9-22-46(42)48;;;;;;;/h4-34,36-37,50-51H,1-3H3;7*1H4. The summed E-state index contributed by atoms with van der Waals surface area (Å²) in [5.41, 5.74) is 12.0. The molecule has 4 atom stereocenters. The highest BCUT2D eigenvalue weighted by Crippen LogP contribution is 2.43. The Bertz CT molecular complexity index is 2390. The van der Waals surface area contributed by atoms with Crippen LogP contribution in [-0.2, 0) is 0 Å². The normalized spacial score (nSPS) is 12.2. The summed E-state index contributed by atoms with van der Waals surface area (Å²) in [6.45, 7) is 6.96. The zero-order valence-corrected chi connectivity index (χ0v) is 29.7. The first-order valence-electron chi connectivity index (χ1n) is 18.3. The lowest BCUT2D eigenvalue weighted by Crippen LogP contribution is -2.11. The van der Waals surface area contributed by atoms with Crippen molar-refractivity contribution in [3.8, 4) is 11.1 Å². The summed E-state index contributed by atoms with van der Waals surface area (Å²) < 4.78 is 0. The van der Waals surface area contributed by atoms with E-state index in [2.05, 4.69) is 209 Å². The molecule has 8 aromatic rings. The average Bonchev–Trinajstić information content (AvgIpc) is 3.19. The van der Waals surface area contributed by atoms with E-state index in [0.29, 0.717) is 11.8 Å². The maximum absolute atomic E-state index is 2.39. The highest BCUT2D eigenvalue weighted by atomic mass is 14.3. The Morgan fingerprint density at radius 1 is 0.310 bits per heavy atom. The van der Waals surface area contributed by atoms with Crippen LogP contribution in [0.2, 0.25) is 0 Å². The molecule has 0 aliphatic rings. The van der Waals surface area contributed by atoms with E-state index in [1.165, 1.54) is 71.6 Å². The fourth-order valence-electron chi connectivity index (χ4n) is 8.39. The van der Waals surface area contributed by atoms with E-state index in [0.717, 1.165) is 0 Å². The lowest BCUT2D eigenvalue weighted by atomic mass is 9.76. The van der Waals surface area contributed by atoms with E-state index >= 15 is 0 Å². The zero-order valence-electron chi connectivity index (χ0n) is 29.7. The van der Waals surface area contributed by atoms with Crippen molar-refractivity contribution in [2.45, 2.75) is 96.4 Å². The molecule has 0 aliphatic carbocycles. The van der Waals surface area contributed by atoms with Crippen LogP contribution in [-0.4, -0.2) is 0 Å². The van der Waals surface area contributed by atoms with E-state index < -0.39 is 0 Å². The number of fused-ring (bicyclic) bond motifs is 2. The van der Waals surface area contributed by atoms with Crippen molar-refractivity contribution in [2.24, 2.45) is 0 Å². The molecule has 0 nitrogen and oxygen atoms in total. The molecule has 58 heavy (non-hydrogen) atoms. The topological polar surface area (TPSA) is 0 Å². The van der Waals surface area contributed by atoms with Gasteiger partial charge in [0.2, 0.25) is 0 Å². The second-order valence-corrected chi connectivity index (χ2v) is 14.2. The van der Waals surface area contributed by atoms with Crippen molar-refractivity contribution in [3.05, 3.63) is 227 Å². The molecule has 304 valence electrons. The molecule has 0 heteroatoms. The van der Waals surface area contributed by atoms with Gasteiger partial charge in [0.25, 0.3) is 0 Å². The molecule has 0 bridgehead atoms. The molecular formula is C58H72. The Morgan fingerprint density at radius 2 is 0.672 bits per heavy atom. The van der Waals surface area contributed by atoms with Crippen LogP contribution >= 0.6 is 0 Å². The second-order valence-electron chi connectivity index (χ2n) is 14.2. The average molecular weight is 769 g/mol. The predicted molar refractivity (Wildman–Crippen MR) is 265 cm³/mol. The maximum Gasteiger partial charge on any atom is 0.0162 e. The zero-order chi connectivity index (χ0) is 34.7. The van der Waals surface area contributed by atoms with Gasteiger partial charge in [-0.05, 0) is 84.8 Å². The first-order chi connectivity index (χ1) is 25.0. The summed E-state index contributed by atoms with van der Waals surface area (Å²) in [6.07, 6.45) is 0. The number of rotatable bonds is 9. The van der Waals surface area contributed by atoms with Crippen molar-refractivity contribution >= 4 is 21.5 Å². The van der Waals surface area contributed by atoms with Gasteiger partial charge in [-0.1, -0.05) is 259 Å². The monoisotopic (exact) mass is 769 g/mol. The third-order valence-electron chi connectivity index (χ3n) is 11.1. The lowest BCUT2D eigenvalue weighted by molar-refractivity contribution is 0.661. The molecule has 0 N–H and O–H groups in total. The third kappa shape index (κ3) is 10.0. The quantitative estimate of drug-likeness (QED) is 0.137. The van der Waals surface area contributed by atoms with Crippen LogP contribution in [0.4, 0.5) is 0 Å². The van der Waals surface area contributed by atoms with E-state index in [9.17, 15) is 0 Å². The minimum absolute atomic E-state index is 0. The van der Waals surface area contributed by atoms with Gasteiger partial charge in [-0.2, -0.15) is 0 Å². The van der Waals surface area contributed by atoms with Gasteiger partial charge in [-0.15, -0.1) is 0 Å². The molecule has 0 heterocycles. The van der Waals surface area contributed by atoms with E-state index in [1.54, 1.807) is 0 Å². The summed E-state index contributed by atoms with van der Waals surface area (Å²) in [5.74, 6) is 1.07. The summed E-state index contributed by atoms with van der Waals surface area (Å²) in [5, 5.41) is 5.25. The first-order valence-corrected chi connectivity index (χ1v) is 18.3. The highest BCUT2D eigenvalue weighted by molar-refractivity contribution is 5.87. The second kappa shape index (κ2) is 22.3. The van der Waals surface area contributed by atoms with Crippen LogP contribution in [0.5, 0.6) is 0 Å². The van der Waals surface area contributed by atoms with Gasteiger partial charge in [0, 0.05) is 11.8 Å².